The van der Waals surface area contributed by atoms with Crippen LogP contribution in [0.25, 0.3) is 0 Å². The standard InChI is InChI=1S/C14H24F2N2O5/c1-13(2,3)23-12(22)17-8-14(9-17,6-11(20)21)18(4-5-19)7-10(15)16/h10,19H,4-9H2,1-3H3,(H,20,21). The smallest absolute Gasteiger partial charge is 0.410 e. The number of hydrogen-bond donors (Lipinski definition) is 2. The molecule has 1 fully saturated rings. The van der Waals surface area contributed by atoms with Crippen molar-refractivity contribution >= 4 is 12.1 Å². The number of halogens is 2. The topological polar surface area (TPSA) is 90.3 Å². The lowest BCUT2D eigenvalue weighted by Gasteiger charge is -2.54. The molecule has 0 aromatic rings. The first-order chi connectivity index (χ1) is 10.5. The largest absolute Gasteiger partial charge is 0.481 e. The Hall–Kier alpha value is -1.48. The number of carboxylic acids is 1. The summed E-state index contributed by atoms with van der Waals surface area (Å²) >= 11 is 0. The molecule has 1 saturated heterocycles. The molecule has 0 saturated carbocycles. The summed E-state index contributed by atoms with van der Waals surface area (Å²) in [4.78, 5) is 25.6. The Kier molecular flexibility index (Phi) is 6.29. The Morgan fingerprint density at radius 1 is 1.35 bits per heavy atom. The number of aliphatic carboxylic acids is 1. The second-order valence-electron chi connectivity index (χ2n) is 6.69. The highest BCUT2D eigenvalue weighted by molar-refractivity contribution is 5.73. The van der Waals surface area contributed by atoms with Gasteiger partial charge in [-0.05, 0) is 20.8 Å². The summed E-state index contributed by atoms with van der Waals surface area (Å²) in [5, 5.41) is 18.1. The number of likely N-dealkylation sites (tertiary alicyclic amines) is 1. The number of aliphatic hydroxyl groups is 1. The maximum atomic E-state index is 12.7. The number of carbonyl (C=O) groups is 2. The predicted octanol–water partition coefficient (Wildman–Crippen LogP) is 1.01. The molecule has 0 aliphatic carbocycles. The van der Waals surface area contributed by atoms with Gasteiger partial charge in [-0.25, -0.2) is 13.6 Å². The van der Waals surface area contributed by atoms with E-state index >= 15 is 0 Å². The minimum Gasteiger partial charge on any atom is -0.481 e. The lowest BCUT2D eigenvalue weighted by atomic mass is 9.84. The maximum Gasteiger partial charge on any atom is 0.410 e. The number of nitrogens with zero attached hydrogens (tertiary/aromatic N) is 2. The third kappa shape index (κ3) is 5.58. The number of carbonyl (C=O) groups excluding carboxylic acids is 1. The number of amides is 1. The van der Waals surface area contributed by atoms with Gasteiger partial charge in [0.05, 0.1) is 25.1 Å². The monoisotopic (exact) mass is 338 g/mol. The second kappa shape index (κ2) is 7.39. The molecule has 7 nitrogen and oxygen atoms in total. The van der Waals surface area contributed by atoms with Crippen LogP contribution in [0.5, 0.6) is 0 Å². The van der Waals surface area contributed by atoms with Crippen molar-refractivity contribution in [3.8, 4) is 0 Å². The third-order valence-corrected chi connectivity index (χ3v) is 3.50. The van der Waals surface area contributed by atoms with Crippen molar-refractivity contribution in [2.24, 2.45) is 0 Å². The molecular weight excluding hydrogens is 314 g/mol. The molecule has 0 unspecified atom stereocenters. The Bertz CT molecular complexity index is 433. The molecule has 0 atom stereocenters. The number of rotatable bonds is 7. The van der Waals surface area contributed by atoms with Crippen LogP contribution in [0.4, 0.5) is 13.6 Å². The summed E-state index contributed by atoms with van der Waals surface area (Å²) in [5.41, 5.74) is -1.81. The lowest BCUT2D eigenvalue weighted by Crippen LogP contribution is -2.73. The van der Waals surface area contributed by atoms with Crippen LogP contribution in [0.15, 0.2) is 0 Å². The second-order valence-corrected chi connectivity index (χ2v) is 6.69. The van der Waals surface area contributed by atoms with E-state index in [1.807, 2.05) is 0 Å². The molecule has 1 amide bonds. The lowest BCUT2D eigenvalue weighted by molar-refractivity contribution is -0.147. The van der Waals surface area contributed by atoms with Gasteiger partial charge in [0.15, 0.2) is 0 Å². The molecule has 0 spiro atoms. The van der Waals surface area contributed by atoms with Crippen molar-refractivity contribution in [1.82, 2.24) is 9.80 Å². The molecule has 0 aromatic heterocycles. The fourth-order valence-electron chi connectivity index (χ4n) is 2.63. The molecule has 2 N–H and O–H groups in total. The van der Waals surface area contributed by atoms with Crippen molar-refractivity contribution in [1.29, 1.82) is 0 Å². The van der Waals surface area contributed by atoms with Crippen LogP contribution in [0.2, 0.25) is 0 Å². The summed E-state index contributed by atoms with van der Waals surface area (Å²) in [5.74, 6) is -1.15. The van der Waals surface area contributed by atoms with E-state index in [9.17, 15) is 18.4 Å². The summed E-state index contributed by atoms with van der Waals surface area (Å²) in [6.07, 6.45) is -3.67. The molecule has 1 aliphatic heterocycles. The fourth-order valence-corrected chi connectivity index (χ4v) is 2.63. The van der Waals surface area contributed by atoms with Gasteiger partial charge in [-0.3, -0.25) is 9.69 Å². The van der Waals surface area contributed by atoms with E-state index < -0.39 is 36.2 Å². The molecule has 23 heavy (non-hydrogen) atoms. The van der Waals surface area contributed by atoms with Gasteiger partial charge in [-0.1, -0.05) is 0 Å². The first-order valence-electron chi connectivity index (χ1n) is 7.33. The minimum atomic E-state index is -2.66. The Labute approximate surface area is 133 Å². The number of carboxylic acid groups (broad SMARTS) is 1. The van der Waals surface area contributed by atoms with Crippen molar-refractivity contribution < 1.29 is 33.3 Å². The van der Waals surface area contributed by atoms with Crippen LogP contribution in [-0.4, -0.2) is 82.4 Å². The zero-order chi connectivity index (χ0) is 17.8. The van der Waals surface area contributed by atoms with Crippen molar-refractivity contribution in [2.75, 3.05) is 32.8 Å². The van der Waals surface area contributed by atoms with E-state index in [-0.39, 0.29) is 32.7 Å². The average Bonchev–Trinajstić information content (AvgIpc) is 2.29. The number of hydrogen-bond acceptors (Lipinski definition) is 5. The number of ether oxygens (including phenoxy) is 1. The molecule has 0 aromatic carbocycles. The van der Waals surface area contributed by atoms with Gasteiger partial charge in [-0.2, -0.15) is 0 Å². The Morgan fingerprint density at radius 2 is 1.91 bits per heavy atom. The molecule has 1 heterocycles. The highest BCUT2D eigenvalue weighted by Gasteiger charge is 2.52. The van der Waals surface area contributed by atoms with Crippen LogP contribution < -0.4 is 0 Å². The molecule has 1 aliphatic rings. The number of aliphatic hydroxyl groups excluding tert-OH is 1. The van der Waals surface area contributed by atoms with E-state index in [4.69, 9.17) is 14.9 Å². The molecule has 134 valence electrons. The summed E-state index contributed by atoms with van der Waals surface area (Å²) in [7, 11) is 0. The van der Waals surface area contributed by atoms with E-state index in [1.54, 1.807) is 20.8 Å². The van der Waals surface area contributed by atoms with Gasteiger partial charge < -0.3 is 19.8 Å². The van der Waals surface area contributed by atoms with Crippen molar-refractivity contribution in [3.63, 3.8) is 0 Å². The minimum absolute atomic E-state index is 0.0269. The molecule has 1 rings (SSSR count). The van der Waals surface area contributed by atoms with Gasteiger partial charge in [0.2, 0.25) is 0 Å². The average molecular weight is 338 g/mol. The Balaban J connectivity index is 2.83. The summed E-state index contributed by atoms with van der Waals surface area (Å²) in [6.45, 7) is 3.93. The van der Waals surface area contributed by atoms with Crippen LogP contribution in [0.3, 0.4) is 0 Å². The SMILES string of the molecule is CC(C)(C)OC(=O)N1CC(CC(=O)O)(N(CCO)CC(F)F)C1. The van der Waals surface area contributed by atoms with Crippen LogP contribution >= 0.6 is 0 Å². The molecule has 9 heteroatoms. The van der Waals surface area contributed by atoms with E-state index in [1.165, 1.54) is 9.80 Å². The predicted molar refractivity (Wildman–Crippen MR) is 77.5 cm³/mol. The number of alkyl halides is 2. The van der Waals surface area contributed by atoms with Crippen LogP contribution in [-0.2, 0) is 9.53 Å². The van der Waals surface area contributed by atoms with Crippen molar-refractivity contribution in [2.45, 2.75) is 44.8 Å². The zero-order valence-corrected chi connectivity index (χ0v) is 13.6. The number of β-amino-alcohol motifs (C(OH)–C–C–N with tert-alkyl or cyclic N) is 1. The third-order valence-electron chi connectivity index (χ3n) is 3.50. The van der Waals surface area contributed by atoms with E-state index in [0.29, 0.717) is 0 Å². The Morgan fingerprint density at radius 3 is 2.30 bits per heavy atom. The van der Waals surface area contributed by atoms with E-state index in [0.717, 1.165) is 0 Å². The normalized spacial score (nSPS) is 17.3. The quantitative estimate of drug-likeness (QED) is 0.720. The molecule has 0 radical (unpaired) electrons. The molecule has 0 bridgehead atoms. The first-order valence-corrected chi connectivity index (χ1v) is 7.33. The molecular formula is C14H24F2N2O5. The van der Waals surface area contributed by atoms with Gasteiger partial charge >= 0.3 is 12.1 Å². The highest BCUT2D eigenvalue weighted by Crippen LogP contribution is 2.33. The van der Waals surface area contributed by atoms with Crippen LogP contribution in [0.1, 0.15) is 27.2 Å². The van der Waals surface area contributed by atoms with E-state index in [2.05, 4.69) is 0 Å². The fraction of sp³-hybridized carbons (Fsp3) is 0.857. The summed E-state index contributed by atoms with van der Waals surface area (Å²) in [6, 6.07) is 0. The van der Waals surface area contributed by atoms with Gasteiger partial charge in [0.1, 0.15) is 5.60 Å². The van der Waals surface area contributed by atoms with Crippen LogP contribution in [0, 0.1) is 0 Å². The maximum absolute atomic E-state index is 12.7. The van der Waals surface area contributed by atoms with Gasteiger partial charge in [0, 0.05) is 19.6 Å². The highest BCUT2D eigenvalue weighted by atomic mass is 19.3. The van der Waals surface area contributed by atoms with Gasteiger partial charge in [0.25, 0.3) is 6.43 Å². The first kappa shape index (κ1) is 19.6. The van der Waals surface area contributed by atoms with Gasteiger partial charge in [-0.15, -0.1) is 0 Å². The zero-order valence-electron chi connectivity index (χ0n) is 13.6. The van der Waals surface area contributed by atoms with Crippen molar-refractivity contribution in [3.05, 3.63) is 0 Å². The summed E-state index contributed by atoms with van der Waals surface area (Å²) < 4.78 is 30.7.